The number of benzene rings is 3. The Kier molecular flexibility index (Phi) is 13.4. The van der Waals surface area contributed by atoms with Crippen molar-refractivity contribution in [3.05, 3.63) is 101 Å². The number of methoxy groups -OCH3 is 1. The predicted octanol–water partition coefficient (Wildman–Crippen LogP) is 5.96. The molecule has 0 unspecified atom stereocenters. The summed E-state index contributed by atoms with van der Waals surface area (Å²) >= 11 is 6.54. The summed E-state index contributed by atoms with van der Waals surface area (Å²) in [6.45, 7) is 10.2. The van der Waals surface area contributed by atoms with Crippen LogP contribution in [-0.4, -0.2) is 139 Å². The normalized spacial score (nSPS) is 31.0. The van der Waals surface area contributed by atoms with Crippen molar-refractivity contribution in [1.29, 1.82) is 0 Å². The van der Waals surface area contributed by atoms with Gasteiger partial charge in [-0.25, -0.2) is 21.6 Å². The lowest BCUT2D eigenvalue weighted by atomic mass is 9.63. The first-order chi connectivity index (χ1) is 31.6. The Bertz CT molecular complexity index is 2560. The molecule has 2 amide bonds. The lowest BCUT2D eigenvalue weighted by Gasteiger charge is -2.53. The van der Waals surface area contributed by atoms with Crippen LogP contribution in [0.5, 0.6) is 5.75 Å². The summed E-state index contributed by atoms with van der Waals surface area (Å²) in [5, 5.41) is -0.136. The number of hydrogen-bond acceptors (Lipinski definition) is 11. The number of piperazine rings is 2. The first-order valence-electron chi connectivity index (χ1n) is 23.7. The maximum atomic E-state index is 13.8. The van der Waals surface area contributed by atoms with Crippen molar-refractivity contribution in [2.45, 2.75) is 86.0 Å². The molecule has 3 aromatic rings. The highest BCUT2D eigenvalue weighted by Crippen LogP contribution is 2.49. The van der Waals surface area contributed by atoms with E-state index in [1.54, 1.807) is 50.4 Å². The van der Waals surface area contributed by atoms with Crippen LogP contribution in [0.3, 0.4) is 0 Å². The Morgan fingerprint density at radius 1 is 0.985 bits per heavy atom. The summed E-state index contributed by atoms with van der Waals surface area (Å²) < 4.78 is 69.5. The van der Waals surface area contributed by atoms with Crippen LogP contribution in [0.25, 0.3) is 0 Å². The summed E-state index contributed by atoms with van der Waals surface area (Å²) in [6, 6.07) is 19.9. The molecule has 1 saturated carbocycles. The summed E-state index contributed by atoms with van der Waals surface area (Å²) in [7, 11) is -5.82. The molecule has 3 aromatic carbocycles. The third-order valence-corrected chi connectivity index (χ3v) is 19.8. The lowest BCUT2D eigenvalue weighted by Crippen LogP contribution is -2.65. The molecule has 2 saturated heterocycles. The molecule has 13 nitrogen and oxygen atoms in total. The molecule has 0 aromatic heterocycles. The molecule has 1 N–H and O–H groups in total. The predicted molar refractivity (Wildman–Crippen MR) is 256 cm³/mol. The van der Waals surface area contributed by atoms with E-state index >= 15 is 0 Å². The van der Waals surface area contributed by atoms with Crippen molar-refractivity contribution < 1.29 is 35.9 Å². The molecule has 0 radical (unpaired) electrons. The van der Waals surface area contributed by atoms with Crippen LogP contribution in [0.1, 0.15) is 73.9 Å². The molecule has 1 spiro atoms. The molecule has 2 bridgehead atoms. The van der Waals surface area contributed by atoms with Crippen LogP contribution in [0.4, 0.5) is 5.69 Å². The van der Waals surface area contributed by atoms with Gasteiger partial charge in [-0.3, -0.25) is 19.4 Å². The van der Waals surface area contributed by atoms with Crippen molar-refractivity contribution in [1.82, 2.24) is 19.4 Å². The van der Waals surface area contributed by atoms with E-state index in [0.717, 1.165) is 64.0 Å². The van der Waals surface area contributed by atoms with Gasteiger partial charge in [0.15, 0.2) is 9.84 Å². The number of rotatable bonds is 7. The van der Waals surface area contributed by atoms with E-state index in [4.69, 9.17) is 21.1 Å². The third kappa shape index (κ3) is 9.41. The van der Waals surface area contributed by atoms with Crippen molar-refractivity contribution in [2.24, 2.45) is 17.8 Å². The van der Waals surface area contributed by atoms with Crippen molar-refractivity contribution in [2.75, 3.05) is 83.3 Å². The molecular formula is C50H64ClN5O8S2. The van der Waals surface area contributed by atoms with Gasteiger partial charge in [-0.2, -0.15) is 0 Å². The molecule has 2 aliphatic carbocycles. The first kappa shape index (κ1) is 47.1. The Hall–Kier alpha value is -3.99. The van der Waals surface area contributed by atoms with Gasteiger partial charge < -0.3 is 19.3 Å². The van der Waals surface area contributed by atoms with Crippen LogP contribution >= 0.6 is 11.6 Å². The van der Waals surface area contributed by atoms with Gasteiger partial charge in [0, 0.05) is 94.5 Å². The van der Waals surface area contributed by atoms with E-state index < -0.39 is 36.6 Å². The quantitative estimate of drug-likeness (QED) is 0.280. The zero-order chi connectivity index (χ0) is 46.4. The highest BCUT2D eigenvalue weighted by molar-refractivity contribution is 7.91. The smallest absolute Gasteiger partial charge is 0.264 e. The summed E-state index contributed by atoms with van der Waals surface area (Å²) in [4.78, 5) is 36.7. The fraction of sp³-hybridized carbons (Fsp3) is 0.560. The van der Waals surface area contributed by atoms with Gasteiger partial charge in [0.25, 0.3) is 5.91 Å². The highest BCUT2D eigenvalue weighted by atomic mass is 35.5. The van der Waals surface area contributed by atoms with Crippen LogP contribution in [0.15, 0.2) is 83.8 Å². The molecular weight excluding hydrogens is 898 g/mol. The van der Waals surface area contributed by atoms with E-state index in [9.17, 15) is 26.4 Å². The molecule has 66 heavy (non-hydrogen) atoms. The Morgan fingerprint density at radius 3 is 2.56 bits per heavy atom. The summed E-state index contributed by atoms with van der Waals surface area (Å²) in [6.07, 6.45) is 9.50. The highest BCUT2D eigenvalue weighted by Gasteiger charge is 2.50. The Balaban J connectivity index is 0.998. The van der Waals surface area contributed by atoms with Crippen LogP contribution in [0, 0.1) is 17.8 Å². The second kappa shape index (κ2) is 18.8. The Labute approximate surface area is 395 Å². The van der Waals surface area contributed by atoms with Gasteiger partial charge in [0.2, 0.25) is 15.9 Å². The molecule has 16 heteroatoms. The van der Waals surface area contributed by atoms with Gasteiger partial charge in [0.1, 0.15) is 11.4 Å². The standard InChI is InChI=1S/C50H64ClN5O8S2/c1-35-9-7-21-50(63-3,33-53-22-23-54-24-25-55(31-41(54)30-53)47(57)19-26-65(59,60)42-11-5-4-6-12-42)44-16-13-39(44)29-56-32-49(20-8-10-37-27-40(51)15-17-43(37)49)34-64-46-18-14-38(28-45(46)56)48(58)52-66(61,62)36(35)2/h4-7,11-12,14-15,17-18,21,27-28,35-36,39,41,44H,8-10,13,16,19-20,22-26,29-34H2,1-3H3,(H,52,58)/b21-7+/t35-,36+,39-,41-,44+,49-,50+/m0/s1. The second-order valence-corrected chi connectivity index (χ2v) is 24.4. The SMILES string of the molecule is CO[C@@]1(CN2CCN3CCN(C(=O)CCS(=O)(=O)c4ccccc4)C[C@@H]3C2)/C=C/C[C@H](C)[C@@H](C)S(=O)(=O)NC(=O)c2ccc3c(c2)N(C[C@@H]2CC[C@H]21)C[C@@]1(CCCc2cc(Cl)ccc21)CO3. The van der Waals surface area contributed by atoms with E-state index in [2.05, 4.69) is 43.7 Å². The number of ether oxygens (including phenoxy) is 2. The number of allylic oxidation sites excluding steroid dienone is 1. The molecule has 7 atom stereocenters. The maximum Gasteiger partial charge on any atom is 0.264 e. The number of hydrogen-bond donors (Lipinski definition) is 1. The first-order valence-corrected chi connectivity index (χ1v) is 27.3. The molecule has 4 heterocycles. The average molecular weight is 963 g/mol. The largest absolute Gasteiger partial charge is 0.490 e. The van der Waals surface area contributed by atoms with Gasteiger partial charge in [0.05, 0.1) is 28.2 Å². The minimum atomic E-state index is -4.04. The van der Waals surface area contributed by atoms with Gasteiger partial charge >= 0.3 is 0 Å². The molecule has 4 aliphatic heterocycles. The average Bonchev–Trinajstić information content (AvgIpc) is 3.45. The maximum absolute atomic E-state index is 13.8. The van der Waals surface area contributed by atoms with E-state index in [0.29, 0.717) is 56.5 Å². The number of sulfonamides is 1. The number of nitrogens with zero attached hydrogens (tertiary/aromatic N) is 4. The van der Waals surface area contributed by atoms with Gasteiger partial charge in [-0.1, -0.05) is 54.9 Å². The zero-order valence-corrected chi connectivity index (χ0v) is 40.8. The second-order valence-electron chi connectivity index (χ2n) is 19.8. The van der Waals surface area contributed by atoms with Crippen LogP contribution in [-0.2, 0) is 41.2 Å². The lowest BCUT2D eigenvalue weighted by molar-refractivity contribution is -0.136. The number of halogens is 1. The molecule has 3 fully saturated rings. The number of amides is 2. The minimum absolute atomic E-state index is 0.0596. The molecule has 6 aliphatic rings. The van der Waals surface area contributed by atoms with Gasteiger partial charge in [-0.05, 0) is 117 Å². The summed E-state index contributed by atoms with van der Waals surface area (Å²) in [5.41, 5.74) is 2.48. The number of carbonyl (C=O) groups is 2. The van der Waals surface area contributed by atoms with Gasteiger partial charge in [-0.15, -0.1) is 0 Å². The van der Waals surface area contributed by atoms with Crippen LogP contribution < -0.4 is 14.4 Å². The van der Waals surface area contributed by atoms with E-state index in [1.165, 1.54) is 11.1 Å². The number of fused-ring (bicyclic) bond motifs is 5. The molecule has 9 rings (SSSR count). The number of sulfone groups is 1. The number of carbonyl (C=O) groups excluding carboxylic acids is 2. The van der Waals surface area contributed by atoms with Crippen molar-refractivity contribution >= 4 is 49.0 Å². The van der Waals surface area contributed by atoms with Crippen molar-refractivity contribution in [3.8, 4) is 5.75 Å². The number of anilines is 1. The number of nitrogens with one attached hydrogen (secondary N) is 1. The van der Waals surface area contributed by atoms with E-state index in [1.807, 2.05) is 30.0 Å². The monoisotopic (exact) mass is 961 g/mol. The van der Waals surface area contributed by atoms with Crippen molar-refractivity contribution in [3.63, 3.8) is 0 Å². The van der Waals surface area contributed by atoms with Crippen LogP contribution in [0.2, 0.25) is 5.02 Å². The number of aryl methyl sites for hydroxylation is 1. The van der Waals surface area contributed by atoms with E-state index in [-0.39, 0.29) is 57.8 Å². The summed E-state index contributed by atoms with van der Waals surface area (Å²) in [5.74, 6) is -0.302. The fourth-order valence-corrected chi connectivity index (χ4v) is 14.4. The fourth-order valence-electron chi connectivity index (χ4n) is 11.7. The Morgan fingerprint density at radius 2 is 1.79 bits per heavy atom. The zero-order valence-electron chi connectivity index (χ0n) is 38.4. The minimum Gasteiger partial charge on any atom is -0.490 e. The third-order valence-electron chi connectivity index (χ3n) is 15.9. The topological polar surface area (TPSA) is 146 Å². The molecule has 356 valence electrons.